The van der Waals surface area contributed by atoms with Crippen molar-refractivity contribution in [1.82, 2.24) is 9.88 Å². The van der Waals surface area contributed by atoms with Crippen molar-refractivity contribution in [3.05, 3.63) is 30.2 Å². The van der Waals surface area contributed by atoms with Gasteiger partial charge in [-0.05, 0) is 37.9 Å². The van der Waals surface area contributed by atoms with E-state index in [4.69, 9.17) is 10.2 Å². The normalized spacial score (nSPS) is 22.7. The van der Waals surface area contributed by atoms with Crippen molar-refractivity contribution in [3.63, 3.8) is 0 Å². The zero-order valence-electron chi connectivity index (χ0n) is 10.7. The molecule has 0 aliphatic carbocycles. The Bertz CT molecular complexity index is 502. The molecule has 1 saturated heterocycles. The van der Waals surface area contributed by atoms with Gasteiger partial charge in [0.05, 0.1) is 6.54 Å². The summed E-state index contributed by atoms with van der Waals surface area (Å²) in [6, 6.07) is 8.17. The van der Waals surface area contributed by atoms with Crippen LogP contribution in [0, 0.1) is 5.92 Å². The molecule has 1 fully saturated rings. The number of aromatic nitrogens is 1. The maximum absolute atomic E-state index is 5.95. The second kappa shape index (κ2) is 4.71. The molecular formula is C14H19N3O. The van der Waals surface area contributed by atoms with E-state index in [1.165, 1.54) is 6.42 Å². The molecule has 18 heavy (non-hydrogen) atoms. The number of nitrogens with zero attached hydrogens (tertiary/aromatic N) is 2. The van der Waals surface area contributed by atoms with Gasteiger partial charge in [0.25, 0.3) is 0 Å². The highest BCUT2D eigenvalue weighted by atomic mass is 16.3. The Morgan fingerprint density at radius 1 is 1.50 bits per heavy atom. The number of para-hydroxylation sites is 2. The molecule has 0 amide bonds. The van der Waals surface area contributed by atoms with Crippen LogP contribution < -0.4 is 5.73 Å². The molecular weight excluding hydrogens is 226 g/mol. The molecule has 0 spiro atoms. The van der Waals surface area contributed by atoms with Crippen molar-refractivity contribution in [3.8, 4) is 0 Å². The van der Waals surface area contributed by atoms with Crippen molar-refractivity contribution in [1.29, 1.82) is 0 Å². The standard InChI is InChI=1S/C14H19N3O/c1-10(15)11-6-7-17(8-11)9-14-16-12-4-2-3-5-13(12)18-14/h2-5,10-11H,6-9,15H2,1H3. The second-order valence-electron chi connectivity index (χ2n) is 5.22. The number of hydrogen-bond donors (Lipinski definition) is 1. The highest BCUT2D eigenvalue weighted by molar-refractivity contribution is 5.72. The largest absolute Gasteiger partial charge is 0.439 e. The smallest absolute Gasteiger partial charge is 0.209 e. The average molecular weight is 245 g/mol. The molecule has 96 valence electrons. The van der Waals surface area contributed by atoms with Crippen molar-refractivity contribution in [2.45, 2.75) is 25.9 Å². The Hall–Kier alpha value is -1.39. The third kappa shape index (κ3) is 2.26. The summed E-state index contributed by atoms with van der Waals surface area (Å²) < 4.78 is 5.74. The van der Waals surface area contributed by atoms with Crippen LogP contribution in [0.1, 0.15) is 19.2 Å². The summed E-state index contributed by atoms with van der Waals surface area (Å²) in [5.41, 5.74) is 7.76. The zero-order chi connectivity index (χ0) is 12.5. The van der Waals surface area contributed by atoms with Crippen LogP contribution in [0.4, 0.5) is 0 Å². The van der Waals surface area contributed by atoms with Crippen LogP contribution in [0.15, 0.2) is 28.7 Å². The molecule has 1 aliphatic rings. The Kier molecular flexibility index (Phi) is 3.06. The van der Waals surface area contributed by atoms with Gasteiger partial charge in [0.1, 0.15) is 5.52 Å². The van der Waals surface area contributed by atoms with Crippen LogP contribution in [0.5, 0.6) is 0 Å². The molecule has 4 heteroatoms. The van der Waals surface area contributed by atoms with Gasteiger partial charge in [-0.25, -0.2) is 4.98 Å². The van der Waals surface area contributed by atoms with Crippen LogP contribution in [-0.4, -0.2) is 29.0 Å². The van der Waals surface area contributed by atoms with Crippen molar-refractivity contribution in [2.75, 3.05) is 13.1 Å². The van der Waals surface area contributed by atoms with Gasteiger partial charge in [0, 0.05) is 12.6 Å². The summed E-state index contributed by atoms with van der Waals surface area (Å²) in [5, 5.41) is 0. The van der Waals surface area contributed by atoms with Crippen LogP contribution in [0.2, 0.25) is 0 Å². The van der Waals surface area contributed by atoms with Gasteiger partial charge in [-0.2, -0.15) is 0 Å². The van der Waals surface area contributed by atoms with E-state index in [9.17, 15) is 0 Å². The lowest BCUT2D eigenvalue weighted by atomic mass is 10.0. The first-order valence-electron chi connectivity index (χ1n) is 6.55. The van der Waals surface area contributed by atoms with Gasteiger partial charge in [0.15, 0.2) is 5.58 Å². The molecule has 0 bridgehead atoms. The number of nitrogens with two attached hydrogens (primary N) is 1. The number of likely N-dealkylation sites (tertiary alicyclic amines) is 1. The van der Waals surface area contributed by atoms with Crippen LogP contribution in [0.3, 0.4) is 0 Å². The van der Waals surface area contributed by atoms with Crippen LogP contribution >= 0.6 is 0 Å². The minimum Gasteiger partial charge on any atom is -0.439 e. The van der Waals surface area contributed by atoms with Gasteiger partial charge in [-0.15, -0.1) is 0 Å². The van der Waals surface area contributed by atoms with E-state index >= 15 is 0 Å². The molecule has 0 radical (unpaired) electrons. The Morgan fingerprint density at radius 3 is 3.06 bits per heavy atom. The molecule has 4 nitrogen and oxygen atoms in total. The van der Waals surface area contributed by atoms with E-state index in [1.54, 1.807) is 0 Å². The number of benzene rings is 1. The van der Waals surface area contributed by atoms with E-state index in [-0.39, 0.29) is 6.04 Å². The minimum atomic E-state index is 0.277. The SMILES string of the molecule is CC(N)C1CCN(Cc2nc3ccccc3o2)C1. The number of oxazole rings is 1. The lowest BCUT2D eigenvalue weighted by Crippen LogP contribution is -2.29. The molecule has 2 unspecified atom stereocenters. The fourth-order valence-electron chi connectivity index (χ4n) is 2.61. The summed E-state index contributed by atoms with van der Waals surface area (Å²) in [4.78, 5) is 6.88. The van der Waals surface area contributed by atoms with E-state index in [0.717, 1.165) is 36.6 Å². The summed E-state index contributed by atoms with van der Waals surface area (Å²) in [6.07, 6.45) is 1.18. The van der Waals surface area contributed by atoms with E-state index < -0.39 is 0 Å². The van der Waals surface area contributed by atoms with E-state index in [1.807, 2.05) is 24.3 Å². The molecule has 1 aromatic heterocycles. The molecule has 2 N–H and O–H groups in total. The third-order valence-electron chi connectivity index (χ3n) is 3.75. The lowest BCUT2D eigenvalue weighted by Gasteiger charge is -2.15. The lowest BCUT2D eigenvalue weighted by molar-refractivity contribution is 0.279. The van der Waals surface area contributed by atoms with Crippen molar-refractivity contribution >= 4 is 11.1 Å². The first-order chi connectivity index (χ1) is 8.72. The minimum absolute atomic E-state index is 0.277. The van der Waals surface area contributed by atoms with Crippen LogP contribution in [-0.2, 0) is 6.54 Å². The molecule has 3 rings (SSSR count). The van der Waals surface area contributed by atoms with Gasteiger partial charge in [0.2, 0.25) is 5.89 Å². The van der Waals surface area contributed by atoms with Gasteiger partial charge in [-0.1, -0.05) is 12.1 Å². The van der Waals surface area contributed by atoms with E-state index in [0.29, 0.717) is 5.92 Å². The fourth-order valence-corrected chi connectivity index (χ4v) is 2.61. The molecule has 2 aromatic rings. The maximum Gasteiger partial charge on any atom is 0.209 e. The molecule has 2 heterocycles. The third-order valence-corrected chi connectivity index (χ3v) is 3.75. The predicted octanol–water partition coefficient (Wildman–Crippen LogP) is 2.00. The Balaban J connectivity index is 1.70. The number of rotatable bonds is 3. The highest BCUT2D eigenvalue weighted by Crippen LogP contribution is 2.22. The number of fused-ring (bicyclic) bond motifs is 1. The van der Waals surface area contributed by atoms with Crippen LogP contribution in [0.25, 0.3) is 11.1 Å². The summed E-state index contributed by atoms with van der Waals surface area (Å²) in [7, 11) is 0. The fraction of sp³-hybridized carbons (Fsp3) is 0.500. The predicted molar refractivity (Wildman–Crippen MR) is 71.0 cm³/mol. The van der Waals surface area contributed by atoms with Gasteiger partial charge in [-0.3, -0.25) is 4.90 Å². The monoisotopic (exact) mass is 245 g/mol. The zero-order valence-corrected chi connectivity index (χ0v) is 10.7. The quantitative estimate of drug-likeness (QED) is 0.898. The molecule has 0 saturated carbocycles. The maximum atomic E-state index is 5.95. The summed E-state index contributed by atoms with van der Waals surface area (Å²) >= 11 is 0. The first kappa shape index (κ1) is 11.7. The number of hydrogen-bond acceptors (Lipinski definition) is 4. The molecule has 2 atom stereocenters. The topological polar surface area (TPSA) is 55.3 Å². The summed E-state index contributed by atoms with van der Waals surface area (Å²) in [5.74, 6) is 1.41. The highest BCUT2D eigenvalue weighted by Gasteiger charge is 2.26. The summed E-state index contributed by atoms with van der Waals surface area (Å²) in [6.45, 7) is 5.02. The first-order valence-corrected chi connectivity index (χ1v) is 6.55. The van der Waals surface area contributed by atoms with Gasteiger partial charge >= 0.3 is 0 Å². The molecule has 1 aliphatic heterocycles. The Labute approximate surface area is 107 Å². The van der Waals surface area contributed by atoms with E-state index in [2.05, 4.69) is 16.8 Å². The Morgan fingerprint density at radius 2 is 2.33 bits per heavy atom. The van der Waals surface area contributed by atoms with Gasteiger partial charge < -0.3 is 10.2 Å². The van der Waals surface area contributed by atoms with Crippen molar-refractivity contribution < 1.29 is 4.42 Å². The van der Waals surface area contributed by atoms with Crippen molar-refractivity contribution in [2.24, 2.45) is 11.7 Å². The average Bonchev–Trinajstić information content (AvgIpc) is 2.94. The second-order valence-corrected chi connectivity index (χ2v) is 5.22. The molecule has 1 aromatic carbocycles.